The van der Waals surface area contributed by atoms with Crippen molar-refractivity contribution < 1.29 is 28.2 Å². The number of sulfonamides is 1. The highest BCUT2D eigenvalue weighted by molar-refractivity contribution is 7.89. The molecule has 0 spiro atoms. The van der Waals surface area contributed by atoms with Gasteiger partial charge in [-0.3, -0.25) is 0 Å². The van der Waals surface area contributed by atoms with Gasteiger partial charge in [0.05, 0.1) is 12.7 Å². The quantitative estimate of drug-likeness (QED) is 0.611. The highest BCUT2D eigenvalue weighted by Gasteiger charge is 2.21. The molecule has 1 aromatic rings. The molecule has 1 rings (SSSR count). The Morgan fingerprint density at radius 1 is 1.42 bits per heavy atom. The van der Waals surface area contributed by atoms with E-state index in [4.69, 9.17) is 14.9 Å². The molecular weight excluding hydrogens is 274 g/mol. The maximum absolute atomic E-state index is 12.0. The first-order valence-electron chi connectivity index (χ1n) is 5.44. The monoisotopic (exact) mass is 289 g/mol. The van der Waals surface area contributed by atoms with E-state index in [0.717, 1.165) is 6.07 Å². The largest absolute Gasteiger partial charge is 0.495 e. The molecule has 3 N–H and O–H groups in total. The Labute approximate surface area is 110 Å². The van der Waals surface area contributed by atoms with Crippen LogP contribution in [0.5, 0.6) is 5.75 Å². The molecular formula is C11H15NO6S. The lowest BCUT2D eigenvalue weighted by Gasteiger charge is -2.11. The number of aliphatic hydroxyl groups is 1. The molecule has 0 saturated carbocycles. The first kappa shape index (κ1) is 15.4. The van der Waals surface area contributed by atoms with Crippen LogP contribution in [0.15, 0.2) is 23.1 Å². The van der Waals surface area contributed by atoms with E-state index >= 15 is 0 Å². The van der Waals surface area contributed by atoms with Crippen LogP contribution in [0.2, 0.25) is 0 Å². The minimum absolute atomic E-state index is 0.0548. The van der Waals surface area contributed by atoms with Crippen molar-refractivity contribution in [3.63, 3.8) is 0 Å². The summed E-state index contributed by atoms with van der Waals surface area (Å²) in [7, 11) is -2.59. The fraction of sp³-hybridized carbons (Fsp3) is 0.364. The van der Waals surface area contributed by atoms with Crippen LogP contribution < -0.4 is 9.46 Å². The number of hydrogen-bond donors (Lipinski definition) is 3. The minimum atomic E-state index is -3.88. The number of nitrogens with one attached hydrogen (secondary N) is 1. The summed E-state index contributed by atoms with van der Waals surface area (Å²) in [6.07, 6.45) is 0.264. The number of aliphatic hydroxyl groups excluding tert-OH is 1. The number of rotatable bonds is 7. The van der Waals surface area contributed by atoms with Crippen molar-refractivity contribution in [2.24, 2.45) is 0 Å². The third-order valence-corrected chi connectivity index (χ3v) is 3.81. The fourth-order valence-corrected chi connectivity index (χ4v) is 2.65. The zero-order valence-corrected chi connectivity index (χ0v) is 11.1. The Morgan fingerprint density at radius 2 is 2.11 bits per heavy atom. The van der Waals surface area contributed by atoms with Crippen molar-refractivity contribution in [2.75, 3.05) is 20.3 Å². The average molecular weight is 289 g/mol. The van der Waals surface area contributed by atoms with Gasteiger partial charge in [-0.15, -0.1) is 0 Å². The van der Waals surface area contributed by atoms with Crippen LogP contribution in [0.3, 0.4) is 0 Å². The van der Waals surface area contributed by atoms with Crippen LogP contribution in [0.25, 0.3) is 0 Å². The van der Waals surface area contributed by atoms with Crippen LogP contribution in [0.1, 0.15) is 16.8 Å². The van der Waals surface area contributed by atoms with Crippen molar-refractivity contribution in [2.45, 2.75) is 11.3 Å². The van der Waals surface area contributed by atoms with Gasteiger partial charge in [-0.2, -0.15) is 0 Å². The van der Waals surface area contributed by atoms with Crippen LogP contribution in [0.4, 0.5) is 0 Å². The molecule has 0 aromatic heterocycles. The number of methoxy groups -OCH3 is 1. The summed E-state index contributed by atoms with van der Waals surface area (Å²) in [6, 6.07) is 3.57. The van der Waals surface area contributed by atoms with Crippen LogP contribution in [-0.2, 0) is 10.0 Å². The van der Waals surface area contributed by atoms with Crippen molar-refractivity contribution in [1.29, 1.82) is 0 Å². The van der Waals surface area contributed by atoms with E-state index in [9.17, 15) is 13.2 Å². The summed E-state index contributed by atoms with van der Waals surface area (Å²) in [5.74, 6) is -1.17. The van der Waals surface area contributed by atoms with E-state index in [2.05, 4.69) is 4.72 Å². The SMILES string of the molecule is COc1ccc(C(=O)O)cc1S(=O)(=O)NCCCO. The van der Waals surface area contributed by atoms with E-state index < -0.39 is 16.0 Å². The molecule has 0 heterocycles. The Morgan fingerprint density at radius 3 is 2.63 bits per heavy atom. The Kier molecular flexibility index (Phi) is 5.28. The number of carboxylic acid groups (broad SMARTS) is 1. The van der Waals surface area contributed by atoms with Gasteiger partial charge in [-0.25, -0.2) is 17.9 Å². The van der Waals surface area contributed by atoms with Gasteiger partial charge >= 0.3 is 5.97 Å². The highest BCUT2D eigenvalue weighted by atomic mass is 32.2. The standard InChI is InChI=1S/C11H15NO6S/c1-18-9-4-3-8(11(14)15)7-10(9)19(16,17)12-5-2-6-13/h3-4,7,12-13H,2,5-6H2,1H3,(H,14,15). The van der Waals surface area contributed by atoms with Gasteiger partial charge in [0, 0.05) is 13.2 Å². The molecule has 19 heavy (non-hydrogen) atoms. The lowest BCUT2D eigenvalue weighted by molar-refractivity contribution is 0.0696. The summed E-state index contributed by atoms with van der Waals surface area (Å²) in [5, 5.41) is 17.5. The van der Waals surface area contributed by atoms with Gasteiger partial charge < -0.3 is 14.9 Å². The lowest BCUT2D eigenvalue weighted by Crippen LogP contribution is -2.26. The fourth-order valence-electron chi connectivity index (χ4n) is 1.38. The third-order valence-electron chi connectivity index (χ3n) is 2.33. The number of carbonyl (C=O) groups is 1. The molecule has 0 radical (unpaired) electrons. The summed E-state index contributed by atoms with van der Waals surface area (Å²) >= 11 is 0. The van der Waals surface area contributed by atoms with Gasteiger partial charge in [0.25, 0.3) is 0 Å². The summed E-state index contributed by atoms with van der Waals surface area (Å²) in [4.78, 5) is 10.6. The van der Waals surface area contributed by atoms with Crippen LogP contribution in [0, 0.1) is 0 Å². The molecule has 7 nitrogen and oxygen atoms in total. The van der Waals surface area contributed by atoms with Crippen LogP contribution >= 0.6 is 0 Å². The number of aromatic carboxylic acids is 1. The smallest absolute Gasteiger partial charge is 0.335 e. The predicted molar refractivity (Wildman–Crippen MR) is 66.8 cm³/mol. The molecule has 0 saturated heterocycles. The summed E-state index contributed by atoms with van der Waals surface area (Å²) < 4.78 is 31.2. The minimum Gasteiger partial charge on any atom is -0.495 e. The number of benzene rings is 1. The number of carboxylic acids is 1. The molecule has 0 unspecified atom stereocenters. The number of hydrogen-bond acceptors (Lipinski definition) is 5. The normalized spacial score (nSPS) is 11.3. The van der Waals surface area contributed by atoms with Crippen molar-refractivity contribution in [3.05, 3.63) is 23.8 Å². The number of ether oxygens (including phenoxy) is 1. The first-order chi connectivity index (χ1) is 8.92. The van der Waals surface area contributed by atoms with E-state index in [1.807, 2.05) is 0 Å². The van der Waals surface area contributed by atoms with Crippen molar-refractivity contribution in [3.8, 4) is 5.75 Å². The van der Waals surface area contributed by atoms with E-state index in [0.29, 0.717) is 0 Å². The molecule has 106 valence electrons. The van der Waals surface area contributed by atoms with Gasteiger partial charge in [0.15, 0.2) is 0 Å². The van der Waals surface area contributed by atoms with Crippen molar-refractivity contribution in [1.82, 2.24) is 4.72 Å². The van der Waals surface area contributed by atoms with Gasteiger partial charge in [0.2, 0.25) is 10.0 Å². The van der Waals surface area contributed by atoms with Gasteiger partial charge in [-0.1, -0.05) is 0 Å². The lowest BCUT2D eigenvalue weighted by atomic mass is 10.2. The second-order valence-corrected chi connectivity index (χ2v) is 5.38. The van der Waals surface area contributed by atoms with E-state index in [1.165, 1.54) is 19.2 Å². The molecule has 0 amide bonds. The second-order valence-electron chi connectivity index (χ2n) is 3.65. The van der Waals surface area contributed by atoms with Gasteiger partial charge in [0.1, 0.15) is 10.6 Å². The first-order valence-corrected chi connectivity index (χ1v) is 6.92. The molecule has 0 aliphatic carbocycles. The van der Waals surface area contributed by atoms with E-state index in [1.54, 1.807) is 0 Å². The molecule has 0 atom stereocenters. The maximum Gasteiger partial charge on any atom is 0.335 e. The molecule has 0 aliphatic rings. The average Bonchev–Trinajstić information content (AvgIpc) is 2.38. The Hall–Kier alpha value is -1.64. The van der Waals surface area contributed by atoms with E-state index in [-0.39, 0.29) is 35.8 Å². The molecule has 8 heteroatoms. The van der Waals surface area contributed by atoms with Crippen LogP contribution in [-0.4, -0.2) is 44.9 Å². The van der Waals surface area contributed by atoms with Gasteiger partial charge in [-0.05, 0) is 24.6 Å². The highest BCUT2D eigenvalue weighted by Crippen LogP contribution is 2.24. The molecule has 0 aliphatic heterocycles. The zero-order valence-electron chi connectivity index (χ0n) is 10.3. The summed E-state index contributed by atoms with van der Waals surface area (Å²) in [6.45, 7) is -0.0892. The molecule has 1 aromatic carbocycles. The topological polar surface area (TPSA) is 113 Å². The molecule has 0 bridgehead atoms. The zero-order chi connectivity index (χ0) is 14.5. The maximum atomic E-state index is 12.0. The predicted octanol–water partition coefficient (Wildman–Crippen LogP) is 0.0541. The Balaban J connectivity index is 3.15. The Bertz CT molecular complexity index is 554. The second kappa shape index (κ2) is 6.50. The summed E-state index contributed by atoms with van der Waals surface area (Å²) in [5.41, 5.74) is -0.150. The molecule has 0 fully saturated rings. The third kappa shape index (κ3) is 3.91. The van der Waals surface area contributed by atoms with Crippen molar-refractivity contribution >= 4 is 16.0 Å².